The van der Waals surface area contributed by atoms with Crippen LogP contribution in [0, 0.1) is 0 Å². The lowest BCUT2D eigenvalue weighted by Crippen LogP contribution is -2.12. The minimum absolute atomic E-state index is 0.155. The molecule has 112 valence electrons. The Hall–Kier alpha value is -2.21. The summed E-state index contributed by atoms with van der Waals surface area (Å²) in [7, 11) is 0. The molecule has 1 aromatic heterocycles. The lowest BCUT2D eigenvalue weighted by atomic mass is 10.2. The molecule has 0 aliphatic heterocycles. The number of aliphatic hydroxyl groups excluding tert-OH is 1. The van der Waals surface area contributed by atoms with Gasteiger partial charge in [0, 0.05) is 0 Å². The Morgan fingerprint density at radius 3 is 2.81 bits per heavy atom. The highest BCUT2D eigenvalue weighted by Gasteiger charge is 2.14. The molecule has 0 unspecified atom stereocenters. The standard InChI is InChI=1S/C15H19N3O3/c1-4-14-13(9-19)16-17-18(14)12-7-5-6-11(8-12)15(20)21-10(2)3/h5-8,10,19H,4,9H2,1-3H3. The first-order valence-electron chi connectivity index (χ1n) is 6.92. The van der Waals surface area contributed by atoms with Gasteiger partial charge in [-0.3, -0.25) is 0 Å². The van der Waals surface area contributed by atoms with Crippen molar-refractivity contribution in [3.63, 3.8) is 0 Å². The molecule has 1 N–H and O–H groups in total. The third-order valence-electron chi connectivity index (χ3n) is 3.00. The molecule has 6 nitrogen and oxygen atoms in total. The maximum Gasteiger partial charge on any atom is 0.338 e. The van der Waals surface area contributed by atoms with E-state index in [1.165, 1.54) is 0 Å². The van der Waals surface area contributed by atoms with E-state index >= 15 is 0 Å². The number of benzene rings is 1. The van der Waals surface area contributed by atoms with Crippen molar-refractivity contribution in [3.05, 3.63) is 41.2 Å². The molecule has 0 saturated heterocycles. The number of carbonyl (C=O) groups is 1. The predicted molar refractivity (Wildman–Crippen MR) is 77.2 cm³/mol. The smallest absolute Gasteiger partial charge is 0.338 e. The van der Waals surface area contributed by atoms with Crippen molar-refractivity contribution in [1.82, 2.24) is 15.0 Å². The van der Waals surface area contributed by atoms with Gasteiger partial charge in [0.05, 0.1) is 29.7 Å². The molecule has 0 atom stereocenters. The van der Waals surface area contributed by atoms with Crippen LogP contribution in [0.4, 0.5) is 0 Å². The molecule has 0 saturated carbocycles. The Kier molecular flexibility index (Phi) is 4.70. The molecule has 0 amide bonds. The molecule has 2 rings (SSSR count). The zero-order valence-electron chi connectivity index (χ0n) is 12.4. The quantitative estimate of drug-likeness (QED) is 0.850. The maximum atomic E-state index is 11.9. The average Bonchev–Trinajstić information content (AvgIpc) is 2.89. The first kappa shape index (κ1) is 15.2. The van der Waals surface area contributed by atoms with Crippen molar-refractivity contribution in [2.75, 3.05) is 0 Å². The summed E-state index contributed by atoms with van der Waals surface area (Å²) >= 11 is 0. The van der Waals surface area contributed by atoms with E-state index in [0.29, 0.717) is 17.7 Å². The maximum absolute atomic E-state index is 11.9. The van der Waals surface area contributed by atoms with Gasteiger partial charge in [-0.05, 0) is 38.5 Å². The molecule has 1 heterocycles. The minimum atomic E-state index is -0.368. The monoisotopic (exact) mass is 289 g/mol. The van der Waals surface area contributed by atoms with Crippen molar-refractivity contribution in [1.29, 1.82) is 0 Å². The van der Waals surface area contributed by atoms with Gasteiger partial charge in [0.15, 0.2) is 0 Å². The van der Waals surface area contributed by atoms with E-state index in [9.17, 15) is 9.90 Å². The molecule has 0 fully saturated rings. The van der Waals surface area contributed by atoms with Crippen molar-refractivity contribution in [3.8, 4) is 5.69 Å². The predicted octanol–water partition coefficient (Wildman–Crippen LogP) is 1.89. The third kappa shape index (κ3) is 3.28. The van der Waals surface area contributed by atoms with Gasteiger partial charge in [-0.25, -0.2) is 9.48 Å². The molecule has 1 aromatic carbocycles. The Balaban J connectivity index is 2.37. The first-order valence-corrected chi connectivity index (χ1v) is 6.92. The molecule has 21 heavy (non-hydrogen) atoms. The zero-order valence-corrected chi connectivity index (χ0v) is 12.4. The molecular weight excluding hydrogens is 270 g/mol. The minimum Gasteiger partial charge on any atom is -0.459 e. The highest BCUT2D eigenvalue weighted by molar-refractivity contribution is 5.90. The van der Waals surface area contributed by atoms with Crippen LogP contribution in [-0.2, 0) is 17.8 Å². The molecule has 0 spiro atoms. The summed E-state index contributed by atoms with van der Waals surface area (Å²) in [5, 5.41) is 17.3. The van der Waals surface area contributed by atoms with E-state index in [4.69, 9.17) is 4.74 Å². The van der Waals surface area contributed by atoms with E-state index < -0.39 is 0 Å². The van der Waals surface area contributed by atoms with Gasteiger partial charge in [0.1, 0.15) is 5.69 Å². The molecular formula is C15H19N3O3. The Morgan fingerprint density at radius 2 is 2.19 bits per heavy atom. The topological polar surface area (TPSA) is 77.2 Å². The van der Waals surface area contributed by atoms with E-state index in [-0.39, 0.29) is 18.7 Å². The summed E-state index contributed by atoms with van der Waals surface area (Å²) in [6.45, 7) is 5.42. The molecule has 0 aliphatic carbocycles. The molecule has 0 aliphatic rings. The lowest BCUT2D eigenvalue weighted by Gasteiger charge is -2.10. The van der Waals surface area contributed by atoms with Crippen LogP contribution in [0.2, 0.25) is 0 Å². The highest BCUT2D eigenvalue weighted by Crippen LogP contribution is 2.16. The largest absolute Gasteiger partial charge is 0.459 e. The fourth-order valence-corrected chi connectivity index (χ4v) is 2.06. The SMILES string of the molecule is CCc1c(CO)nnn1-c1cccc(C(=O)OC(C)C)c1. The van der Waals surface area contributed by atoms with Crippen LogP contribution in [0.3, 0.4) is 0 Å². The summed E-state index contributed by atoms with van der Waals surface area (Å²) in [6.07, 6.45) is 0.517. The van der Waals surface area contributed by atoms with Crippen LogP contribution in [0.5, 0.6) is 0 Å². The van der Waals surface area contributed by atoms with Crippen LogP contribution in [0.25, 0.3) is 5.69 Å². The molecule has 2 aromatic rings. The van der Waals surface area contributed by atoms with Gasteiger partial charge in [0.25, 0.3) is 0 Å². The van der Waals surface area contributed by atoms with E-state index in [2.05, 4.69) is 10.3 Å². The Labute approximate surface area is 123 Å². The molecule has 0 bridgehead atoms. The highest BCUT2D eigenvalue weighted by atomic mass is 16.5. The first-order chi connectivity index (χ1) is 10.1. The second-order valence-electron chi connectivity index (χ2n) is 4.91. The molecule has 0 radical (unpaired) electrons. The zero-order chi connectivity index (χ0) is 15.4. The Bertz CT molecular complexity index is 635. The number of carbonyl (C=O) groups excluding carboxylic acids is 1. The van der Waals surface area contributed by atoms with Crippen LogP contribution >= 0.6 is 0 Å². The third-order valence-corrected chi connectivity index (χ3v) is 3.00. The normalized spacial score (nSPS) is 10.9. The van der Waals surface area contributed by atoms with Crippen molar-refractivity contribution >= 4 is 5.97 Å². The number of nitrogens with zero attached hydrogens (tertiary/aromatic N) is 3. The summed E-state index contributed by atoms with van der Waals surface area (Å²) in [4.78, 5) is 11.9. The van der Waals surface area contributed by atoms with E-state index in [1.54, 1.807) is 22.9 Å². The fourth-order valence-electron chi connectivity index (χ4n) is 2.06. The van der Waals surface area contributed by atoms with Crippen LogP contribution in [0.15, 0.2) is 24.3 Å². The van der Waals surface area contributed by atoms with Crippen molar-refractivity contribution < 1.29 is 14.6 Å². The van der Waals surface area contributed by atoms with Gasteiger partial charge in [0.2, 0.25) is 0 Å². The van der Waals surface area contributed by atoms with Gasteiger partial charge < -0.3 is 9.84 Å². The van der Waals surface area contributed by atoms with E-state index in [1.807, 2.05) is 26.8 Å². The summed E-state index contributed by atoms with van der Waals surface area (Å²) in [5.74, 6) is -0.368. The van der Waals surface area contributed by atoms with Crippen LogP contribution in [0.1, 0.15) is 42.5 Å². The van der Waals surface area contributed by atoms with Gasteiger partial charge in [-0.15, -0.1) is 5.10 Å². The summed E-state index contributed by atoms with van der Waals surface area (Å²) < 4.78 is 6.82. The number of esters is 1. The van der Waals surface area contributed by atoms with Crippen molar-refractivity contribution in [2.24, 2.45) is 0 Å². The average molecular weight is 289 g/mol. The van der Waals surface area contributed by atoms with Gasteiger partial charge in [-0.1, -0.05) is 18.2 Å². The second-order valence-corrected chi connectivity index (χ2v) is 4.91. The number of aromatic nitrogens is 3. The number of ether oxygens (including phenoxy) is 1. The number of aliphatic hydroxyl groups is 1. The van der Waals surface area contributed by atoms with Crippen molar-refractivity contribution in [2.45, 2.75) is 39.9 Å². The van der Waals surface area contributed by atoms with Gasteiger partial charge in [-0.2, -0.15) is 0 Å². The number of hydrogen-bond acceptors (Lipinski definition) is 5. The Morgan fingerprint density at radius 1 is 1.43 bits per heavy atom. The lowest BCUT2D eigenvalue weighted by molar-refractivity contribution is 0.0378. The van der Waals surface area contributed by atoms with Crippen LogP contribution < -0.4 is 0 Å². The van der Waals surface area contributed by atoms with Gasteiger partial charge >= 0.3 is 5.97 Å². The number of rotatable bonds is 5. The molecule has 6 heteroatoms. The summed E-state index contributed by atoms with van der Waals surface area (Å²) in [6, 6.07) is 7.01. The van der Waals surface area contributed by atoms with Crippen LogP contribution in [-0.4, -0.2) is 32.2 Å². The summed E-state index contributed by atoms with van der Waals surface area (Å²) in [5.41, 5.74) is 2.56. The number of hydrogen-bond donors (Lipinski definition) is 1. The second kappa shape index (κ2) is 6.49. The van der Waals surface area contributed by atoms with E-state index in [0.717, 1.165) is 11.4 Å². The fraction of sp³-hybridized carbons (Fsp3) is 0.400.